The molecule has 7 rings (SSSR count). The molecule has 240 valence electrons. The Labute approximate surface area is 272 Å². The van der Waals surface area contributed by atoms with Crippen LogP contribution in [-0.4, -0.2) is 73.6 Å². The molecule has 0 aliphatic carbocycles. The van der Waals surface area contributed by atoms with Crippen LogP contribution in [-0.2, 0) is 0 Å². The third-order valence-corrected chi connectivity index (χ3v) is 8.68. The third-order valence-electron chi connectivity index (χ3n) is 8.68. The number of ether oxygens (including phenoxy) is 4. The normalized spacial score (nSPS) is 19.2. The van der Waals surface area contributed by atoms with Gasteiger partial charge >= 0.3 is 0 Å². The first-order valence-electron chi connectivity index (χ1n) is 15.5. The van der Waals surface area contributed by atoms with Crippen molar-refractivity contribution >= 4 is 46.9 Å². The predicted molar refractivity (Wildman–Crippen MR) is 180 cm³/mol. The van der Waals surface area contributed by atoms with Crippen molar-refractivity contribution in [2.75, 3.05) is 33.2 Å². The van der Waals surface area contributed by atoms with Crippen LogP contribution in [0.2, 0.25) is 0 Å². The number of nitrogens with two attached hydrogens (primary N) is 1. The molecular formula is C36H35N5O6. The molecule has 4 aliphatic heterocycles. The van der Waals surface area contributed by atoms with E-state index in [2.05, 4.69) is 9.98 Å². The zero-order valence-electron chi connectivity index (χ0n) is 26.4. The van der Waals surface area contributed by atoms with Crippen molar-refractivity contribution < 1.29 is 28.5 Å². The summed E-state index contributed by atoms with van der Waals surface area (Å²) in [6.45, 7) is 2.66. The van der Waals surface area contributed by atoms with Crippen molar-refractivity contribution in [3.63, 3.8) is 0 Å². The minimum atomic E-state index is -0.193. The molecular weight excluding hydrogens is 598 g/mol. The maximum Gasteiger partial charge on any atom is 0.260 e. The molecule has 4 heterocycles. The smallest absolute Gasteiger partial charge is 0.260 e. The van der Waals surface area contributed by atoms with Crippen LogP contribution in [0.5, 0.6) is 23.0 Å². The van der Waals surface area contributed by atoms with Gasteiger partial charge in [0.1, 0.15) is 0 Å². The number of nitrogens with zero attached hydrogens (tertiary/aromatic N) is 4. The van der Waals surface area contributed by atoms with E-state index in [0.29, 0.717) is 77.2 Å². The summed E-state index contributed by atoms with van der Waals surface area (Å²) in [7, 11) is 3.08. The van der Waals surface area contributed by atoms with Crippen LogP contribution in [0.4, 0.5) is 17.1 Å². The number of benzene rings is 3. The summed E-state index contributed by atoms with van der Waals surface area (Å²) in [5.41, 5.74) is 11.7. The summed E-state index contributed by atoms with van der Waals surface area (Å²) < 4.78 is 23.3. The van der Waals surface area contributed by atoms with Crippen LogP contribution >= 0.6 is 0 Å². The molecule has 0 saturated heterocycles. The SMILES string of the molecule is COc1cc2c(cc1OCCCOc1cc3c(cc1OC)C(=O)N1C=C(c4ccc(N)cc4)CC1C=N3)N=CC1CC(C)=CN1C2=O. The summed E-state index contributed by atoms with van der Waals surface area (Å²) in [6, 6.07) is 14.2. The lowest BCUT2D eigenvalue weighted by Gasteiger charge is -2.19. The van der Waals surface area contributed by atoms with Gasteiger partial charge in [0.2, 0.25) is 0 Å². The van der Waals surface area contributed by atoms with Gasteiger partial charge in [0.15, 0.2) is 23.0 Å². The van der Waals surface area contributed by atoms with Gasteiger partial charge in [-0.3, -0.25) is 19.6 Å². The van der Waals surface area contributed by atoms with Gasteiger partial charge in [-0.2, -0.15) is 0 Å². The zero-order chi connectivity index (χ0) is 32.7. The Morgan fingerprint density at radius 3 is 1.83 bits per heavy atom. The van der Waals surface area contributed by atoms with Gasteiger partial charge in [0.25, 0.3) is 11.8 Å². The maximum atomic E-state index is 13.6. The van der Waals surface area contributed by atoms with E-state index in [0.717, 1.165) is 23.1 Å². The number of carbonyl (C=O) groups is 2. The number of methoxy groups -OCH3 is 2. The molecule has 0 spiro atoms. The van der Waals surface area contributed by atoms with E-state index in [4.69, 9.17) is 24.7 Å². The summed E-state index contributed by atoms with van der Waals surface area (Å²) >= 11 is 0. The largest absolute Gasteiger partial charge is 0.493 e. The minimum absolute atomic E-state index is 0.0849. The fourth-order valence-corrected chi connectivity index (χ4v) is 6.24. The lowest BCUT2D eigenvalue weighted by molar-refractivity contribution is 0.0809. The van der Waals surface area contributed by atoms with Gasteiger partial charge < -0.3 is 34.5 Å². The Balaban J connectivity index is 1.01. The van der Waals surface area contributed by atoms with Crippen molar-refractivity contribution in [3.8, 4) is 23.0 Å². The van der Waals surface area contributed by atoms with Crippen LogP contribution in [0, 0.1) is 0 Å². The third kappa shape index (κ3) is 5.69. The van der Waals surface area contributed by atoms with E-state index in [1.54, 1.807) is 48.3 Å². The van der Waals surface area contributed by atoms with Crippen molar-refractivity contribution in [2.45, 2.75) is 38.3 Å². The quantitative estimate of drug-likeness (QED) is 0.228. The number of hydrogen-bond acceptors (Lipinski definition) is 9. The first kappa shape index (κ1) is 30.1. The standard InChI is InChI=1S/C36H35N5O6/c1-21-11-25-17-38-29-15-33(31(44-2)13-27(29)35(42)40(25)19-21)46-9-4-10-47-34-16-30-28(14-32(34)45-3)36(43)41-20-23(12-26(41)18-39-30)22-5-7-24(37)8-6-22/h5-8,13-20,25-26H,4,9-12,37H2,1-3H3. The van der Waals surface area contributed by atoms with Gasteiger partial charge in [-0.25, -0.2) is 0 Å². The van der Waals surface area contributed by atoms with Crippen molar-refractivity contribution in [2.24, 2.45) is 9.98 Å². The number of rotatable bonds is 9. The van der Waals surface area contributed by atoms with E-state index < -0.39 is 0 Å². The molecule has 47 heavy (non-hydrogen) atoms. The van der Waals surface area contributed by atoms with E-state index in [-0.39, 0.29) is 23.9 Å². The molecule has 2 atom stereocenters. The molecule has 0 bridgehead atoms. The molecule has 3 aromatic rings. The second kappa shape index (κ2) is 12.3. The zero-order valence-corrected chi connectivity index (χ0v) is 26.4. The first-order valence-corrected chi connectivity index (χ1v) is 15.5. The average Bonchev–Trinajstić information content (AvgIpc) is 3.62. The number of anilines is 1. The fraction of sp³-hybridized carbons (Fsp3) is 0.278. The van der Waals surface area contributed by atoms with Crippen LogP contribution in [0.1, 0.15) is 52.5 Å². The number of fused-ring (bicyclic) bond motifs is 4. The molecule has 2 unspecified atom stereocenters. The number of nitrogen functional groups attached to an aromatic ring is 1. The Morgan fingerprint density at radius 2 is 1.28 bits per heavy atom. The van der Waals surface area contributed by atoms with Gasteiger partial charge in [0.05, 0.1) is 62.0 Å². The molecule has 11 nitrogen and oxygen atoms in total. The Morgan fingerprint density at radius 1 is 0.745 bits per heavy atom. The van der Waals surface area contributed by atoms with Crippen LogP contribution in [0.25, 0.3) is 5.57 Å². The van der Waals surface area contributed by atoms with E-state index in [9.17, 15) is 9.59 Å². The number of aliphatic imine (C=N–C) groups is 2. The van der Waals surface area contributed by atoms with Crippen molar-refractivity contribution in [1.82, 2.24) is 9.80 Å². The number of amides is 2. The van der Waals surface area contributed by atoms with Crippen molar-refractivity contribution in [3.05, 3.63) is 83.2 Å². The van der Waals surface area contributed by atoms with Crippen molar-refractivity contribution in [1.29, 1.82) is 0 Å². The highest BCUT2D eigenvalue weighted by Gasteiger charge is 2.34. The van der Waals surface area contributed by atoms with Gasteiger partial charge in [-0.1, -0.05) is 17.7 Å². The molecule has 4 aliphatic rings. The van der Waals surface area contributed by atoms with Gasteiger partial charge in [-0.15, -0.1) is 0 Å². The second-order valence-electron chi connectivity index (χ2n) is 11.9. The first-order chi connectivity index (χ1) is 22.8. The number of carbonyl (C=O) groups excluding carboxylic acids is 2. The molecule has 2 amide bonds. The highest BCUT2D eigenvalue weighted by atomic mass is 16.5. The predicted octanol–water partition coefficient (Wildman–Crippen LogP) is 5.94. The number of hydrogen-bond donors (Lipinski definition) is 1. The topological polar surface area (TPSA) is 128 Å². The molecule has 0 fully saturated rings. The van der Waals surface area contributed by atoms with Crippen LogP contribution in [0.15, 0.2) is 76.5 Å². The van der Waals surface area contributed by atoms with E-state index in [1.165, 1.54) is 0 Å². The average molecular weight is 634 g/mol. The molecule has 3 aromatic carbocycles. The fourth-order valence-electron chi connectivity index (χ4n) is 6.24. The van der Waals surface area contributed by atoms with E-state index >= 15 is 0 Å². The highest BCUT2D eigenvalue weighted by Crippen LogP contribution is 2.41. The van der Waals surface area contributed by atoms with Gasteiger partial charge in [-0.05, 0) is 48.7 Å². The summed E-state index contributed by atoms with van der Waals surface area (Å²) in [5, 5.41) is 0. The lowest BCUT2D eigenvalue weighted by atomic mass is 10.0. The summed E-state index contributed by atoms with van der Waals surface area (Å²) in [5.74, 6) is 1.61. The summed E-state index contributed by atoms with van der Waals surface area (Å²) in [6.07, 6.45) is 9.35. The Hall–Kier alpha value is -5.58. The second-order valence-corrected chi connectivity index (χ2v) is 11.9. The lowest BCUT2D eigenvalue weighted by Crippen LogP contribution is -2.32. The maximum absolute atomic E-state index is 13.6. The van der Waals surface area contributed by atoms with E-state index in [1.807, 2.05) is 56.0 Å². The Bertz CT molecular complexity index is 1880. The molecule has 0 radical (unpaired) electrons. The molecule has 0 aromatic heterocycles. The Kier molecular flexibility index (Phi) is 7.88. The van der Waals surface area contributed by atoms with Crippen LogP contribution in [0.3, 0.4) is 0 Å². The molecule has 2 N–H and O–H groups in total. The molecule has 0 saturated carbocycles. The highest BCUT2D eigenvalue weighted by molar-refractivity contribution is 6.06. The monoisotopic (exact) mass is 633 g/mol. The van der Waals surface area contributed by atoms with Gasteiger partial charge in [0, 0.05) is 55.5 Å². The summed E-state index contributed by atoms with van der Waals surface area (Å²) in [4.78, 5) is 39.6. The van der Waals surface area contributed by atoms with Crippen LogP contribution < -0.4 is 24.7 Å². The molecule has 11 heteroatoms. The minimum Gasteiger partial charge on any atom is -0.493 e.